The van der Waals surface area contributed by atoms with Crippen LogP contribution in [-0.2, 0) is 4.79 Å². The van der Waals surface area contributed by atoms with Gasteiger partial charge < -0.3 is 4.90 Å². The van der Waals surface area contributed by atoms with Gasteiger partial charge in [-0.05, 0) is 36.8 Å². The zero-order valence-electron chi connectivity index (χ0n) is 15.2. The second-order valence-corrected chi connectivity index (χ2v) is 6.88. The molecule has 1 N–H and O–H groups in total. The Bertz CT molecular complexity index is 862. The van der Waals surface area contributed by atoms with Crippen molar-refractivity contribution in [2.45, 2.75) is 32.6 Å². The van der Waals surface area contributed by atoms with Crippen LogP contribution in [0.5, 0.6) is 0 Å². The monoisotopic (exact) mass is 383 g/mol. The van der Waals surface area contributed by atoms with Gasteiger partial charge in [0, 0.05) is 22.7 Å². The lowest BCUT2D eigenvalue weighted by Gasteiger charge is -2.16. The Morgan fingerprint density at radius 3 is 2.56 bits per heavy atom. The Kier molecular flexibility index (Phi) is 6.24. The molecule has 0 saturated carbocycles. The van der Waals surface area contributed by atoms with Crippen molar-refractivity contribution in [2.75, 3.05) is 11.4 Å². The number of hydrazone groups is 1. The van der Waals surface area contributed by atoms with Crippen LogP contribution in [0.15, 0.2) is 53.6 Å². The number of hydrogen-bond acceptors (Lipinski definition) is 3. The molecule has 0 saturated heterocycles. The van der Waals surface area contributed by atoms with Crippen LogP contribution < -0.4 is 10.3 Å². The molecule has 1 aliphatic heterocycles. The summed E-state index contributed by atoms with van der Waals surface area (Å²) in [6.45, 7) is 2.81. The molecule has 2 amide bonds. The van der Waals surface area contributed by atoms with E-state index < -0.39 is 0 Å². The number of anilines is 1. The van der Waals surface area contributed by atoms with E-state index in [4.69, 9.17) is 11.6 Å². The van der Waals surface area contributed by atoms with E-state index in [9.17, 15) is 9.59 Å². The van der Waals surface area contributed by atoms with E-state index in [2.05, 4.69) is 17.5 Å². The quantitative estimate of drug-likeness (QED) is 0.569. The van der Waals surface area contributed by atoms with Crippen LogP contribution in [-0.4, -0.2) is 24.1 Å². The summed E-state index contributed by atoms with van der Waals surface area (Å²) in [6, 6.07) is 14.0. The van der Waals surface area contributed by atoms with E-state index in [0.29, 0.717) is 17.1 Å². The Morgan fingerprint density at radius 1 is 1.07 bits per heavy atom. The summed E-state index contributed by atoms with van der Waals surface area (Å²) in [5, 5.41) is 4.68. The van der Waals surface area contributed by atoms with E-state index in [0.717, 1.165) is 36.9 Å². The molecule has 140 valence electrons. The molecule has 1 aliphatic rings. The van der Waals surface area contributed by atoms with Crippen LogP contribution in [0.25, 0.3) is 0 Å². The highest BCUT2D eigenvalue weighted by Crippen LogP contribution is 2.29. The smallest absolute Gasteiger partial charge is 0.279 e. The van der Waals surface area contributed by atoms with Gasteiger partial charge in [0.25, 0.3) is 11.8 Å². The van der Waals surface area contributed by atoms with Crippen molar-refractivity contribution in [1.29, 1.82) is 0 Å². The first kappa shape index (κ1) is 19.1. The lowest BCUT2D eigenvalue weighted by molar-refractivity contribution is -0.112. The van der Waals surface area contributed by atoms with E-state index >= 15 is 0 Å². The van der Waals surface area contributed by atoms with E-state index in [1.54, 1.807) is 29.2 Å². The molecule has 0 unspecified atom stereocenters. The van der Waals surface area contributed by atoms with E-state index in [1.165, 1.54) is 0 Å². The number of halogens is 1. The minimum absolute atomic E-state index is 0.177. The molecule has 0 aliphatic carbocycles. The number of amides is 2. The Labute approximate surface area is 164 Å². The van der Waals surface area contributed by atoms with Gasteiger partial charge >= 0.3 is 0 Å². The van der Waals surface area contributed by atoms with Gasteiger partial charge in [-0.3, -0.25) is 9.59 Å². The molecule has 27 heavy (non-hydrogen) atoms. The number of benzene rings is 2. The number of fused-ring (bicyclic) bond motifs is 1. The number of rotatable bonds is 7. The summed E-state index contributed by atoms with van der Waals surface area (Å²) in [5.41, 5.74) is 4.77. The van der Waals surface area contributed by atoms with Crippen LogP contribution in [0.4, 0.5) is 5.69 Å². The fourth-order valence-electron chi connectivity index (χ4n) is 3.06. The van der Waals surface area contributed by atoms with Crippen molar-refractivity contribution in [3.63, 3.8) is 0 Å². The predicted molar refractivity (Wildman–Crippen MR) is 108 cm³/mol. The number of unbranched alkanes of at least 4 members (excludes halogenated alkanes) is 3. The standard InChI is InChI=1S/C21H22ClN3O2/c1-2-3-4-7-14-25-18-9-6-5-8-17(18)19(21(25)27)23-24-20(26)15-10-12-16(22)13-11-15/h5-6,8-13H,2-4,7,14H2,1H3,(H,24,26)/b23-19-. The number of nitrogens with zero attached hydrogens (tertiary/aromatic N) is 2. The van der Waals surface area contributed by atoms with Gasteiger partial charge in [0.1, 0.15) is 0 Å². The fourth-order valence-corrected chi connectivity index (χ4v) is 3.19. The molecular weight excluding hydrogens is 362 g/mol. The van der Waals surface area contributed by atoms with Crippen LogP contribution in [0.1, 0.15) is 48.5 Å². The first-order valence-electron chi connectivity index (χ1n) is 9.16. The summed E-state index contributed by atoms with van der Waals surface area (Å²) < 4.78 is 0. The third-order valence-corrected chi connectivity index (χ3v) is 4.76. The summed E-state index contributed by atoms with van der Waals surface area (Å²) in [7, 11) is 0. The fraction of sp³-hybridized carbons (Fsp3) is 0.286. The second kappa shape index (κ2) is 8.82. The van der Waals surface area contributed by atoms with Gasteiger partial charge in [0.05, 0.1) is 5.69 Å². The first-order chi connectivity index (χ1) is 13.1. The summed E-state index contributed by atoms with van der Waals surface area (Å²) in [5.74, 6) is -0.560. The molecule has 0 bridgehead atoms. The molecule has 3 rings (SSSR count). The molecule has 0 radical (unpaired) electrons. The lowest BCUT2D eigenvalue weighted by atomic mass is 10.1. The predicted octanol–water partition coefficient (Wildman–Crippen LogP) is 4.40. The molecule has 5 nitrogen and oxygen atoms in total. The number of hydrogen-bond donors (Lipinski definition) is 1. The summed E-state index contributed by atoms with van der Waals surface area (Å²) in [4.78, 5) is 26.9. The average molecular weight is 384 g/mol. The van der Waals surface area contributed by atoms with Crippen molar-refractivity contribution >= 4 is 34.8 Å². The Morgan fingerprint density at radius 2 is 1.81 bits per heavy atom. The van der Waals surface area contributed by atoms with E-state index in [1.807, 2.05) is 24.3 Å². The van der Waals surface area contributed by atoms with Gasteiger partial charge in [0.2, 0.25) is 0 Å². The van der Waals surface area contributed by atoms with Crippen molar-refractivity contribution < 1.29 is 9.59 Å². The van der Waals surface area contributed by atoms with Crippen LogP contribution in [0.3, 0.4) is 0 Å². The van der Waals surface area contributed by atoms with Gasteiger partial charge in [-0.2, -0.15) is 5.10 Å². The van der Waals surface area contributed by atoms with Crippen LogP contribution in [0, 0.1) is 0 Å². The van der Waals surface area contributed by atoms with Gasteiger partial charge in [-0.15, -0.1) is 0 Å². The number of nitrogens with one attached hydrogen (secondary N) is 1. The third kappa shape index (κ3) is 4.37. The van der Waals surface area contributed by atoms with Crippen molar-refractivity contribution in [1.82, 2.24) is 5.43 Å². The Hall–Kier alpha value is -2.66. The van der Waals surface area contributed by atoms with Gasteiger partial charge in [-0.25, -0.2) is 5.43 Å². The summed E-state index contributed by atoms with van der Waals surface area (Å²) >= 11 is 5.84. The van der Waals surface area contributed by atoms with Gasteiger partial charge in [0.15, 0.2) is 5.71 Å². The Balaban J connectivity index is 1.76. The molecule has 2 aromatic carbocycles. The maximum absolute atomic E-state index is 12.8. The number of carbonyl (C=O) groups excluding carboxylic acids is 2. The molecule has 0 atom stereocenters. The molecule has 1 heterocycles. The minimum atomic E-state index is -0.383. The molecular formula is C21H22ClN3O2. The highest BCUT2D eigenvalue weighted by Gasteiger charge is 2.33. The van der Waals surface area contributed by atoms with Gasteiger partial charge in [-0.1, -0.05) is 56.0 Å². The zero-order chi connectivity index (χ0) is 19.2. The van der Waals surface area contributed by atoms with Crippen LogP contribution in [0.2, 0.25) is 5.02 Å². The maximum Gasteiger partial charge on any atom is 0.279 e. The topological polar surface area (TPSA) is 61.8 Å². The van der Waals surface area contributed by atoms with Crippen molar-refractivity contribution in [3.8, 4) is 0 Å². The molecule has 0 fully saturated rings. The third-order valence-electron chi connectivity index (χ3n) is 4.51. The SMILES string of the molecule is CCCCCCN1C(=O)/C(=N\NC(=O)c2ccc(Cl)cc2)c2ccccc21. The highest BCUT2D eigenvalue weighted by atomic mass is 35.5. The normalized spacial score (nSPS) is 14.5. The number of para-hydroxylation sites is 1. The molecule has 0 spiro atoms. The maximum atomic E-state index is 12.8. The molecule has 0 aromatic heterocycles. The van der Waals surface area contributed by atoms with Crippen molar-refractivity contribution in [3.05, 3.63) is 64.7 Å². The zero-order valence-corrected chi connectivity index (χ0v) is 16.0. The minimum Gasteiger partial charge on any atom is -0.306 e. The number of carbonyl (C=O) groups is 2. The summed E-state index contributed by atoms with van der Waals surface area (Å²) in [6.07, 6.45) is 4.33. The van der Waals surface area contributed by atoms with E-state index in [-0.39, 0.29) is 17.5 Å². The lowest BCUT2D eigenvalue weighted by Crippen LogP contribution is -2.32. The molecule has 6 heteroatoms. The largest absolute Gasteiger partial charge is 0.306 e. The molecule has 2 aromatic rings. The van der Waals surface area contributed by atoms with Crippen LogP contribution >= 0.6 is 11.6 Å². The van der Waals surface area contributed by atoms with Crippen molar-refractivity contribution in [2.24, 2.45) is 5.10 Å². The highest BCUT2D eigenvalue weighted by molar-refractivity contribution is 6.54. The second-order valence-electron chi connectivity index (χ2n) is 6.44. The average Bonchev–Trinajstić information content (AvgIpc) is 2.95. The first-order valence-corrected chi connectivity index (χ1v) is 9.54.